The van der Waals surface area contributed by atoms with Crippen molar-refractivity contribution in [2.75, 3.05) is 12.8 Å². The van der Waals surface area contributed by atoms with Crippen LogP contribution in [0.1, 0.15) is 52.2 Å². The number of nitrogen functional groups attached to an aromatic ring is 1. The predicted octanol–water partition coefficient (Wildman–Crippen LogP) is 2.99. The number of nitrogens with zero attached hydrogens (tertiary/aromatic N) is 2. The van der Waals surface area contributed by atoms with Crippen molar-refractivity contribution in [3.8, 4) is 0 Å². The molecule has 1 aromatic heterocycles. The summed E-state index contributed by atoms with van der Waals surface area (Å²) in [7, 11) is 1.69. The number of ether oxygens (including phenoxy) is 1. The van der Waals surface area contributed by atoms with Gasteiger partial charge in [0.15, 0.2) is 5.82 Å². The minimum absolute atomic E-state index is 0.0579. The highest BCUT2D eigenvalue weighted by Crippen LogP contribution is 2.34. The molecule has 1 unspecified atom stereocenters. The summed E-state index contributed by atoms with van der Waals surface area (Å²) in [5, 5.41) is 0. The first kappa shape index (κ1) is 14.9. The summed E-state index contributed by atoms with van der Waals surface area (Å²) in [6, 6.07) is 1.85. The van der Waals surface area contributed by atoms with Crippen molar-refractivity contribution in [2.45, 2.75) is 47.1 Å². The molecule has 0 aliphatic carbocycles. The summed E-state index contributed by atoms with van der Waals surface area (Å²) in [4.78, 5) is 8.92. The molecule has 0 fully saturated rings. The molecular weight excluding hydrogens is 226 g/mol. The van der Waals surface area contributed by atoms with Crippen molar-refractivity contribution in [1.29, 1.82) is 0 Å². The van der Waals surface area contributed by atoms with Crippen LogP contribution in [0.15, 0.2) is 6.07 Å². The molecule has 0 radical (unpaired) electrons. The van der Waals surface area contributed by atoms with Crippen molar-refractivity contribution in [3.63, 3.8) is 0 Å². The second-order valence-corrected chi connectivity index (χ2v) is 6.22. The van der Waals surface area contributed by atoms with Crippen molar-refractivity contribution in [3.05, 3.63) is 17.6 Å². The summed E-state index contributed by atoms with van der Waals surface area (Å²) < 4.78 is 5.54. The van der Waals surface area contributed by atoms with Crippen LogP contribution in [0.2, 0.25) is 0 Å². The molecule has 0 spiro atoms. The van der Waals surface area contributed by atoms with E-state index in [1.807, 2.05) is 6.07 Å². The molecule has 0 saturated carbocycles. The standard InChI is InChI=1S/C14H25N3O/c1-9(2)7-10-8-11(15)17-13(16-10)12(18-6)14(3,4)5/h8-9,12H,7H2,1-6H3,(H2,15,16,17). The van der Waals surface area contributed by atoms with E-state index in [0.29, 0.717) is 17.6 Å². The maximum Gasteiger partial charge on any atom is 0.160 e. The Morgan fingerprint density at radius 2 is 1.89 bits per heavy atom. The van der Waals surface area contributed by atoms with Gasteiger partial charge in [-0.15, -0.1) is 0 Å². The highest BCUT2D eigenvalue weighted by atomic mass is 16.5. The lowest BCUT2D eigenvalue weighted by Crippen LogP contribution is -2.23. The zero-order chi connectivity index (χ0) is 13.9. The minimum Gasteiger partial charge on any atom is -0.384 e. The first-order chi connectivity index (χ1) is 8.24. The van der Waals surface area contributed by atoms with Gasteiger partial charge in [-0.05, 0) is 17.8 Å². The molecular formula is C14H25N3O. The Balaban J connectivity index is 3.11. The first-order valence-corrected chi connectivity index (χ1v) is 6.40. The lowest BCUT2D eigenvalue weighted by Gasteiger charge is -2.28. The monoisotopic (exact) mass is 251 g/mol. The molecule has 1 rings (SSSR count). The highest BCUT2D eigenvalue weighted by molar-refractivity contribution is 5.30. The number of rotatable bonds is 4. The van der Waals surface area contributed by atoms with Crippen LogP contribution in [0.25, 0.3) is 0 Å². The molecule has 1 aromatic rings. The van der Waals surface area contributed by atoms with Gasteiger partial charge in [0.25, 0.3) is 0 Å². The maximum absolute atomic E-state index is 5.86. The topological polar surface area (TPSA) is 61.0 Å². The summed E-state index contributed by atoms with van der Waals surface area (Å²) in [5.41, 5.74) is 6.79. The minimum atomic E-state index is -0.146. The van der Waals surface area contributed by atoms with Crippen LogP contribution in [0.4, 0.5) is 5.82 Å². The third-order valence-corrected chi connectivity index (χ3v) is 2.69. The molecule has 4 nitrogen and oxygen atoms in total. The molecule has 0 aliphatic heterocycles. The van der Waals surface area contributed by atoms with Gasteiger partial charge in [0, 0.05) is 18.9 Å². The number of hydrogen-bond acceptors (Lipinski definition) is 4. The van der Waals surface area contributed by atoms with Crippen LogP contribution in [0.3, 0.4) is 0 Å². The van der Waals surface area contributed by atoms with E-state index < -0.39 is 0 Å². The maximum atomic E-state index is 5.86. The smallest absolute Gasteiger partial charge is 0.160 e. The van der Waals surface area contributed by atoms with Crippen LogP contribution >= 0.6 is 0 Å². The largest absolute Gasteiger partial charge is 0.384 e. The Labute approximate surface area is 110 Å². The molecule has 1 atom stereocenters. The van der Waals surface area contributed by atoms with Crippen molar-refractivity contribution >= 4 is 5.82 Å². The molecule has 0 aromatic carbocycles. The number of aromatic nitrogens is 2. The van der Waals surface area contributed by atoms with E-state index in [4.69, 9.17) is 10.5 Å². The van der Waals surface area contributed by atoms with E-state index in [1.54, 1.807) is 7.11 Å². The number of methoxy groups -OCH3 is 1. The van der Waals surface area contributed by atoms with Crippen LogP contribution < -0.4 is 5.73 Å². The fourth-order valence-electron chi connectivity index (χ4n) is 2.03. The van der Waals surface area contributed by atoms with Crippen LogP contribution in [-0.4, -0.2) is 17.1 Å². The van der Waals surface area contributed by atoms with Crippen LogP contribution in [0, 0.1) is 11.3 Å². The lowest BCUT2D eigenvalue weighted by molar-refractivity contribution is 0.00860. The zero-order valence-corrected chi connectivity index (χ0v) is 12.3. The van der Waals surface area contributed by atoms with Gasteiger partial charge < -0.3 is 10.5 Å². The number of hydrogen-bond donors (Lipinski definition) is 1. The Morgan fingerprint density at radius 3 is 2.33 bits per heavy atom. The van der Waals surface area contributed by atoms with Crippen molar-refractivity contribution in [2.24, 2.45) is 11.3 Å². The SMILES string of the molecule is COC(c1nc(N)cc(CC(C)C)n1)C(C)(C)C. The lowest BCUT2D eigenvalue weighted by atomic mass is 9.88. The number of nitrogens with two attached hydrogens (primary N) is 1. The summed E-state index contributed by atoms with van der Waals surface area (Å²) in [6.45, 7) is 10.6. The fraction of sp³-hybridized carbons (Fsp3) is 0.714. The Kier molecular flexibility index (Phi) is 4.68. The second-order valence-electron chi connectivity index (χ2n) is 6.22. The molecule has 4 heteroatoms. The summed E-state index contributed by atoms with van der Waals surface area (Å²) >= 11 is 0. The molecule has 1 heterocycles. The van der Waals surface area contributed by atoms with Gasteiger partial charge in [0.05, 0.1) is 0 Å². The Hall–Kier alpha value is -1.16. The zero-order valence-electron chi connectivity index (χ0n) is 12.3. The van der Waals surface area contributed by atoms with Gasteiger partial charge in [-0.2, -0.15) is 0 Å². The third-order valence-electron chi connectivity index (χ3n) is 2.69. The van der Waals surface area contributed by atoms with E-state index in [-0.39, 0.29) is 11.5 Å². The third kappa shape index (κ3) is 3.95. The molecule has 0 saturated heterocycles. The molecule has 0 aliphatic rings. The Morgan fingerprint density at radius 1 is 1.28 bits per heavy atom. The average Bonchev–Trinajstić information content (AvgIpc) is 2.13. The normalized spacial score (nSPS) is 13.9. The second kappa shape index (κ2) is 5.65. The van der Waals surface area contributed by atoms with E-state index in [1.165, 1.54) is 0 Å². The number of anilines is 1. The summed E-state index contributed by atoms with van der Waals surface area (Å²) in [5.74, 6) is 1.74. The van der Waals surface area contributed by atoms with Gasteiger partial charge in [-0.1, -0.05) is 34.6 Å². The molecule has 0 amide bonds. The van der Waals surface area contributed by atoms with Crippen molar-refractivity contribution < 1.29 is 4.74 Å². The van der Waals surface area contributed by atoms with E-state index in [9.17, 15) is 0 Å². The van der Waals surface area contributed by atoms with Gasteiger partial charge in [-0.3, -0.25) is 0 Å². The van der Waals surface area contributed by atoms with Crippen LogP contribution in [0.5, 0.6) is 0 Å². The molecule has 2 N–H and O–H groups in total. The summed E-state index contributed by atoms with van der Waals surface area (Å²) in [6.07, 6.45) is 0.757. The molecule has 18 heavy (non-hydrogen) atoms. The molecule has 0 bridgehead atoms. The van der Waals surface area contributed by atoms with E-state index in [0.717, 1.165) is 12.1 Å². The molecule has 102 valence electrons. The van der Waals surface area contributed by atoms with E-state index in [2.05, 4.69) is 44.6 Å². The van der Waals surface area contributed by atoms with E-state index >= 15 is 0 Å². The first-order valence-electron chi connectivity index (χ1n) is 6.40. The van der Waals surface area contributed by atoms with Crippen molar-refractivity contribution in [1.82, 2.24) is 9.97 Å². The quantitative estimate of drug-likeness (QED) is 0.893. The van der Waals surface area contributed by atoms with Crippen LogP contribution in [-0.2, 0) is 11.2 Å². The highest BCUT2D eigenvalue weighted by Gasteiger charge is 2.29. The van der Waals surface area contributed by atoms with Gasteiger partial charge in [0.1, 0.15) is 11.9 Å². The predicted molar refractivity (Wildman–Crippen MR) is 74.2 cm³/mol. The van der Waals surface area contributed by atoms with Gasteiger partial charge >= 0.3 is 0 Å². The Bertz CT molecular complexity index is 397. The average molecular weight is 251 g/mol. The van der Waals surface area contributed by atoms with Gasteiger partial charge in [0.2, 0.25) is 0 Å². The van der Waals surface area contributed by atoms with Gasteiger partial charge in [-0.25, -0.2) is 9.97 Å². The fourth-order valence-corrected chi connectivity index (χ4v) is 2.03.